The Morgan fingerprint density at radius 2 is 2.05 bits per heavy atom. The van der Waals surface area contributed by atoms with Crippen molar-refractivity contribution in [3.05, 3.63) is 29.8 Å². The number of hydrogen-bond donors (Lipinski definition) is 2. The van der Waals surface area contributed by atoms with Crippen LogP contribution in [0.4, 0.5) is 4.79 Å². The fourth-order valence-electron chi connectivity index (χ4n) is 2.11. The van der Waals surface area contributed by atoms with Crippen molar-refractivity contribution in [1.82, 2.24) is 4.90 Å². The van der Waals surface area contributed by atoms with Crippen molar-refractivity contribution in [2.45, 2.75) is 25.4 Å². The zero-order valence-electron chi connectivity index (χ0n) is 10.5. The molecule has 0 saturated carbocycles. The van der Waals surface area contributed by atoms with Gasteiger partial charge in [-0.2, -0.15) is 0 Å². The molecule has 0 radical (unpaired) electrons. The molecule has 1 unspecified atom stereocenters. The van der Waals surface area contributed by atoms with Gasteiger partial charge in [-0.1, -0.05) is 12.1 Å². The monoisotopic (exact) mass is 265 g/mol. The molecule has 0 bridgehead atoms. The highest BCUT2D eigenvalue weighted by Gasteiger charge is 2.45. The van der Waals surface area contributed by atoms with Gasteiger partial charge in [0.2, 0.25) is 0 Å². The standard InChI is InChI=1S/C13H15NO5/c1-13(6-11(16)17)8-19-12(18)14(13)7-9-2-4-10(15)5-3-9/h2-5,15H,6-8H2,1H3,(H,16,17). The van der Waals surface area contributed by atoms with Crippen molar-refractivity contribution in [1.29, 1.82) is 0 Å². The molecule has 6 heteroatoms. The largest absolute Gasteiger partial charge is 0.508 e. The number of nitrogens with zero attached hydrogens (tertiary/aromatic N) is 1. The second-order valence-corrected chi connectivity index (χ2v) is 4.87. The molecule has 1 saturated heterocycles. The number of cyclic esters (lactones) is 1. The van der Waals surface area contributed by atoms with Gasteiger partial charge in [-0.3, -0.25) is 9.69 Å². The number of ether oxygens (including phenoxy) is 1. The zero-order chi connectivity index (χ0) is 14.0. The third kappa shape index (κ3) is 2.78. The number of aromatic hydroxyl groups is 1. The van der Waals surface area contributed by atoms with E-state index in [4.69, 9.17) is 9.84 Å². The molecule has 1 aliphatic heterocycles. The summed E-state index contributed by atoms with van der Waals surface area (Å²) < 4.78 is 4.95. The van der Waals surface area contributed by atoms with Crippen molar-refractivity contribution >= 4 is 12.1 Å². The number of carbonyl (C=O) groups excluding carboxylic acids is 1. The number of carbonyl (C=O) groups is 2. The molecule has 1 atom stereocenters. The predicted molar refractivity (Wildman–Crippen MR) is 65.7 cm³/mol. The van der Waals surface area contributed by atoms with Gasteiger partial charge in [0.25, 0.3) is 0 Å². The maximum atomic E-state index is 11.7. The number of phenolic OH excluding ortho intramolecular Hbond substituents is 1. The van der Waals surface area contributed by atoms with E-state index in [0.717, 1.165) is 5.56 Å². The summed E-state index contributed by atoms with van der Waals surface area (Å²) in [5.41, 5.74) is -0.0471. The van der Waals surface area contributed by atoms with Gasteiger partial charge in [0, 0.05) is 6.54 Å². The van der Waals surface area contributed by atoms with E-state index in [0.29, 0.717) is 0 Å². The van der Waals surface area contributed by atoms with Gasteiger partial charge in [-0.25, -0.2) is 4.79 Å². The molecule has 1 amide bonds. The molecule has 1 heterocycles. The molecule has 6 nitrogen and oxygen atoms in total. The van der Waals surface area contributed by atoms with Gasteiger partial charge < -0.3 is 14.9 Å². The van der Waals surface area contributed by atoms with E-state index >= 15 is 0 Å². The van der Waals surface area contributed by atoms with Crippen LogP contribution in [0.1, 0.15) is 18.9 Å². The second-order valence-electron chi connectivity index (χ2n) is 4.87. The molecule has 1 aromatic carbocycles. The summed E-state index contributed by atoms with van der Waals surface area (Å²) in [5.74, 6) is -0.836. The minimum Gasteiger partial charge on any atom is -0.508 e. The van der Waals surface area contributed by atoms with Gasteiger partial charge in [-0.05, 0) is 24.6 Å². The van der Waals surface area contributed by atoms with Crippen LogP contribution in [0.5, 0.6) is 5.75 Å². The fourth-order valence-corrected chi connectivity index (χ4v) is 2.11. The number of aliphatic carboxylic acids is 1. The highest BCUT2D eigenvalue weighted by atomic mass is 16.6. The summed E-state index contributed by atoms with van der Waals surface area (Å²) in [6, 6.07) is 6.40. The van der Waals surface area contributed by atoms with Crippen molar-refractivity contribution in [2.75, 3.05) is 6.61 Å². The van der Waals surface area contributed by atoms with E-state index in [1.165, 1.54) is 17.0 Å². The summed E-state index contributed by atoms with van der Waals surface area (Å²) in [6.45, 7) is 2.01. The van der Waals surface area contributed by atoms with Gasteiger partial charge >= 0.3 is 12.1 Å². The summed E-state index contributed by atoms with van der Waals surface area (Å²) >= 11 is 0. The van der Waals surface area contributed by atoms with Gasteiger partial charge in [0.05, 0.1) is 12.0 Å². The average molecular weight is 265 g/mol. The van der Waals surface area contributed by atoms with Crippen molar-refractivity contribution < 1.29 is 24.5 Å². The number of rotatable bonds is 4. The zero-order valence-corrected chi connectivity index (χ0v) is 10.5. The van der Waals surface area contributed by atoms with Crippen LogP contribution < -0.4 is 0 Å². The van der Waals surface area contributed by atoms with Crippen molar-refractivity contribution in [3.8, 4) is 5.75 Å². The summed E-state index contributed by atoms with van der Waals surface area (Å²) in [7, 11) is 0. The van der Waals surface area contributed by atoms with Crippen molar-refractivity contribution in [3.63, 3.8) is 0 Å². The first-order chi connectivity index (χ1) is 8.90. The molecular formula is C13H15NO5. The van der Waals surface area contributed by atoms with Crippen LogP contribution in [0.25, 0.3) is 0 Å². The molecule has 1 aliphatic rings. The lowest BCUT2D eigenvalue weighted by Crippen LogP contribution is -2.45. The molecule has 0 spiro atoms. The lowest BCUT2D eigenvalue weighted by molar-refractivity contribution is -0.139. The summed E-state index contributed by atoms with van der Waals surface area (Å²) in [5, 5.41) is 18.1. The Bertz CT molecular complexity index is 498. The van der Waals surface area contributed by atoms with Crippen LogP contribution in [0, 0.1) is 0 Å². The molecule has 1 fully saturated rings. The molecule has 0 aliphatic carbocycles. The Balaban J connectivity index is 2.18. The lowest BCUT2D eigenvalue weighted by atomic mass is 9.97. The number of phenols is 1. The van der Waals surface area contributed by atoms with E-state index in [-0.39, 0.29) is 25.3 Å². The van der Waals surface area contributed by atoms with Crippen LogP contribution in [0.3, 0.4) is 0 Å². The normalized spacial score (nSPS) is 22.4. The minimum atomic E-state index is -0.975. The molecule has 2 N–H and O–H groups in total. The van der Waals surface area contributed by atoms with Gasteiger partial charge in [0.1, 0.15) is 12.4 Å². The summed E-state index contributed by atoms with van der Waals surface area (Å²) in [4.78, 5) is 24.0. The topological polar surface area (TPSA) is 87.1 Å². The van der Waals surface area contributed by atoms with Gasteiger partial charge in [-0.15, -0.1) is 0 Å². The molecule has 1 aromatic rings. The van der Waals surface area contributed by atoms with E-state index in [9.17, 15) is 14.7 Å². The highest BCUT2D eigenvalue weighted by Crippen LogP contribution is 2.29. The number of carboxylic acid groups (broad SMARTS) is 1. The highest BCUT2D eigenvalue weighted by molar-refractivity contribution is 5.75. The van der Waals surface area contributed by atoms with E-state index in [2.05, 4.69) is 0 Å². The quantitative estimate of drug-likeness (QED) is 0.863. The Kier molecular flexibility index (Phi) is 3.33. The number of carboxylic acids is 1. The van der Waals surface area contributed by atoms with E-state index < -0.39 is 17.6 Å². The first-order valence-corrected chi connectivity index (χ1v) is 5.85. The third-order valence-corrected chi connectivity index (χ3v) is 3.19. The second kappa shape index (κ2) is 4.79. The fraction of sp³-hybridized carbons (Fsp3) is 0.385. The van der Waals surface area contributed by atoms with E-state index in [1.807, 2.05) is 0 Å². The Labute approximate surface area is 110 Å². The molecule has 0 aromatic heterocycles. The Morgan fingerprint density at radius 3 is 2.63 bits per heavy atom. The molecule has 2 rings (SSSR count). The number of hydrogen-bond acceptors (Lipinski definition) is 4. The Hall–Kier alpha value is -2.24. The molecule has 102 valence electrons. The smallest absolute Gasteiger partial charge is 0.410 e. The summed E-state index contributed by atoms with van der Waals surface area (Å²) in [6.07, 6.45) is -0.687. The maximum absolute atomic E-state index is 11.7. The first-order valence-electron chi connectivity index (χ1n) is 5.85. The number of amides is 1. The third-order valence-electron chi connectivity index (χ3n) is 3.19. The molecular weight excluding hydrogens is 250 g/mol. The van der Waals surface area contributed by atoms with Crippen LogP contribution in [0.2, 0.25) is 0 Å². The lowest BCUT2D eigenvalue weighted by Gasteiger charge is -2.30. The van der Waals surface area contributed by atoms with Crippen LogP contribution >= 0.6 is 0 Å². The van der Waals surface area contributed by atoms with Crippen LogP contribution in [-0.4, -0.2) is 39.3 Å². The van der Waals surface area contributed by atoms with E-state index in [1.54, 1.807) is 19.1 Å². The van der Waals surface area contributed by atoms with Crippen LogP contribution in [-0.2, 0) is 16.1 Å². The number of benzene rings is 1. The first kappa shape index (κ1) is 13.2. The average Bonchev–Trinajstić information content (AvgIpc) is 2.59. The Morgan fingerprint density at radius 1 is 1.42 bits per heavy atom. The van der Waals surface area contributed by atoms with Crippen LogP contribution in [0.15, 0.2) is 24.3 Å². The van der Waals surface area contributed by atoms with Gasteiger partial charge in [0.15, 0.2) is 0 Å². The van der Waals surface area contributed by atoms with Crippen molar-refractivity contribution in [2.24, 2.45) is 0 Å². The minimum absolute atomic E-state index is 0.0657. The maximum Gasteiger partial charge on any atom is 0.410 e. The predicted octanol–water partition coefficient (Wildman–Crippen LogP) is 1.58. The SMILES string of the molecule is CC1(CC(=O)O)COC(=O)N1Cc1ccc(O)cc1. The molecule has 19 heavy (non-hydrogen) atoms.